The molecule has 0 atom stereocenters. The molecule has 3 aromatic rings. The lowest BCUT2D eigenvalue weighted by atomic mass is 10.1. The smallest absolute Gasteiger partial charge is 0.141 e. The number of aromatic nitrogens is 2. The van der Waals surface area contributed by atoms with Crippen LogP contribution in [-0.2, 0) is 0 Å². The number of halogens is 1. The van der Waals surface area contributed by atoms with Gasteiger partial charge in [0.05, 0.1) is 17.0 Å². The summed E-state index contributed by atoms with van der Waals surface area (Å²) in [4.78, 5) is 8.12. The van der Waals surface area contributed by atoms with E-state index in [4.69, 9.17) is 27.2 Å². The Morgan fingerprint density at radius 1 is 1.19 bits per heavy atom. The minimum absolute atomic E-state index is 0.100. The summed E-state index contributed by atoms with van der Waals surface area (Å²) in [5.41, 5.74) is 8.10. The number of amidine groups is 1. The number of nitrogens with zero attached hydrogens (tertiary/aromatic N) is 2. The zero-order valence-electron chi connectivity index (χ0n) is 10.9. The number of furan rings is 1. The largest absolute Gasteiger partial charge is 0.464 e. The second kappa shape index (κ2) is 5.38. The van der Waals surface area contributed by atoms with Gasteiger partial charge in [-0.3, -0.25) is 5.41 Å². The Kier molecular flexibility index (Phi) is 3.41. The van der Waals surface area contributed by atoms with Gasteiger partial charge in [-0.1, -0.05) is 17.7 Å². The number of rotatable bonds is 3. The van der Waals surface area contributed by atoms with Crippen LogP contribution in [0.1, 0.15) is 5.69 Å². The van der Waals surface area contributed by atoms with Crippen LogP contribution in [0, 0.1) is 5.41 Å². The summed E-state index contributed by atoms with van der Waals surface area (Å²) in [6.07, 6.45) is 2.98. The van der Waals surface area contributed by atoms with Crippen LogP contribution in [0.2, 0.25) is 5.02 Å². The molecule has 0 radical (unpaired) electrons. The van der Waals surface area contributed by atoms with Gasteiger partial charge in [-0.05, 0) is 30.3 Å². The van der Waals surface area contributed by atoms with Crippen molar-refractivity contribution in [3.63, 3.8) is 0 Å². The highest BCUT2D eigenvalue weighted by atomic mass is 35.5. The molecule has 21 heavy (non-hydrogen) atoms. The summed E-state index contributed by atoms with van der Waals surface area (Å²) in [5.74, 6) is 0.607. The van der Waals surface area contributed by atoms with Crippen molar-refractivity contribution in [1.29, 1.82) is 5.41 Å². The molecule has 104 valence electrons. The van der Waals surface area contributed by atoms with Crippen molar-refractivity contribution in [2.45, 2.75) is 0 Å². The first-order chi connectivity index (χ1) is 10.1. The maximum absolute atomic E-state index is 7.41. The third-order valence-electron chi connectivity index (χ3n) is 2.99. The Balaban J connectivity index is 2.03. The average molecular weight is 299 g/mol. The zero-order valence-corrected chi connectivity index (χ0v) is 11.6. The summed E-state index contributed by atoms with van der Waals surface area (Å²) in [7, 11) is 0. The van der Waals surface area contributed by atoms with Gasteiger partial charge in [0.15, 0.2) is 0 Å². The van der Waals surface area contributed by atoms with Crippen LogP contribution in [0.5, 0.6) is 0 Å². The Labute approximate surface area is 125 Å². The fourth-order valence-electron chi connectivity index (χ4n) is 1.97. The molecular weight excluding hydrogens is 288 g/mol. The number of benzene rings is 1. The van der Waals surface area contributed by atoms with Crippen LogP contribution < -0.4 is 5.73 Å². The predicted molar refractivity (Wildman–Crippen MR) is 81.2 cm³/mol. The van der Waals surface area contributed by atoms with E-state index in [9.17, 15) is 0 Å². The van der Waals surface area contributed by atoms with Gasteiger partial charge in [-0.15, -0.1) is 0 Å². The highest BCUT2D eigenvalue weighted by Gasteiger charge is 2.10. The normalized spacial score (nSPS) is 10.5. The average Bonchev–Trinajstić information content (AvgIpc) is 3.01. The van der Waals surface area contributed by atoms with Crippen LogP contribution in [0.25, 0.3) is 22.6 Å². The second-order valence-electron chi connectivity index (χ2n) is 4.37. The van der Waals surface area contributed by atoms with E-state index >= 15 is 0 Å². The quantitative estimate of drug-likeness (QED) is 0.573. The molecule has 2 heterocycles. The maximum atomic E-state index is 7.41. The van der Waals surface area contributed by atoms with Gasteiger partial charge in [0.25, 0.3) is 0 Å². The molecule has 5 nitrogen and oxygen atoms in total. The molecule has 2 aromatic heterocycles. The Morgan fingerprint density at radius 3 is 2.71 bits per heavy atom. The molecule has 1 aromatic carbocycles. The molecular formula is C15H11ClN4O. The summed E-state index contributed by atoms with van der Waals surface area (Å²) < 4.78 is 5.34. The lowest BCUT2D eigenvalue weighted by Gasteiger charge is -2.06. The van der Waals surface area contributed by atoms with Gasteiger partial charge >= 0.3 is 0 Å². The van der Waals surface area contributed by atoms with E-state index in [1.165, 1.54) is 6.33 Å². The van der Waals surface area contributed by atoms with E-state index in [1.54, 1.807) is 18.4 Å². The molecule has 3 rings (SSSR count). The molecule has 0 unspecified atom stereocenters. The highest BCUT2D eigenvalue weighted by Crippen LogP contribution is 2.31. The van der Waals surface area contributed by atoms with Crippen LogP contribution in [0.3, 0.4) is 0 Å². The Morgan fingerprint density at radius 2 is 2.05 bits per heavy atom. The molecule has 0 saturated heterocycles. The minimum Gasteiger partial charge on any atom is -0.464 e. The highest BCUT2D eigenvalue weighted by molar-refractivity contribution is 6.33. The fraction of sp³-hybridized carbons (Fsp3) is 0. The lowest BCUT2D eigenvalue weighted by Crippen LogP contribution is -2.13. The summed E-state index contributed by atoms with van der Waals surface area (Å²) in [6.45, 7) is 0. The first-order valence-corrected chi connectivity index (χ1v) is 6.53. The van der Waals surface area contributed by atoms with E-state index in [0.29, 0.717) is 22.2 Å². The van der Waals surface area contributed by atoms with Gasteiger partial charge in [-0.2, -0.15) is 0 Å². The van der Waals surface area contributed by atoms with Gasteiger partial charge in [-0.25, -0.2) is 9.97 Å². The second-order valence-corrected chi connectivity index (χ2v) is 4.78. The van der Waals surface area contributed by atoms with Crippen LogP contribution in [0.4, 0.5) is 0 Å². The Hall–Kier alpha value is -2.66. The molecule has 0 bridgehead atoms. The molecule has 0 aliphatic carbocycles. The number of hydrogen-bond acceptors (Lipinski definition) is 4. The van der Waals surface area contributed by atoms with Crippen LogP contribution in [0.15, 0.2) is 53.4 Å². The molecule has 3 N–H and O–H groups in total. The van der Waals surface area contributed by atoms with E-state index < -0.39 is 0 Å². The van der Waals surface area contributed by atoms with Crippen molar-refractivity contribution < 1.29 is 4.42 Å². The molecule has 0 aliphatic rings. The monoisotopic (exact) mass is 298 g/mol. The minimum atomic E-state index is -0.100. The van der Waals surface area contributed by atoms with Crippen molar-refractivity contribution in [3.8, 4) is 22.6 Å². The van der Waals surface area contributed by atoms with E-state index in [-0.39, 0.29) is 5.84 Å². The van der Waals surface area contributed by atoms with Crippen molar-refractivity contribution in [2.24, 2.45) is 5.73 Å². The first kappa shape index (κ1) is 13.3. The molecule has 0 fully saturated rings. The van der Waals surface area contributed by atoms with E-state index in [2.05, 4.69) is 9.97 Å². The number of nitrogens with two attached hydrogens (primary N) is 1. The van der Waals surface area contributed by atoms with Gasteiger partial charge in [0.2, 0.25) is 0 Å². The predicted octanol–water partition coefficient (Wildman–Crippen LogP) is 3.34. The molecule has 0 aliphatic heterocycles. The number of nitrogen functional groups attached to an aromatic ring is 1. The van der Waals surface area contributed by atoms with Crippen molar-refractivity contribution in [3.05, 3.63) is 59.7 Å². The Bertz CT molecular complexity index is 799. The van der Waals surface area contributed by atoms with E-state index in [0.717, 1.165) is 11.1 Å². The van der Waals surface area contributed by atoms with Crippen molar-refractivity contribution in [1.82, 2.24) is 9.97 Å². The standard InChI is InChI=1S/C15H11ClN4O/c16-11-6-9(3-4-10(11)14-2-1-5-21-14)12-7-13(15(17)18)20-8-19-12/h1-8H,(H3,17,18). The molecule has 0 spiro atoms. The van der Waals surface area contributed by atoms with Crippen molar-refractivity contribution in [2.75, 3.05) is 0 Å². The van der Waals surface area contributed by atoms with Crippen LogP contribution >= 0.6 is 11.6 Å². The molecule has 6 heteroatoms. The third kappa shape index (κ3) is 2.64. The summed E-state index contributed by atoms with van der Waals surface area (Å²) in [5, 5.41) is 7.98. The summed E-state index contributed by atoms with van der Waals surface area (Å²) >= 11 is 6.30. The van der Waals surface area contributed by atoms with E-state index in [1.807, 2.05) is 24.3 Å². The van der Waals surface area contributed by atoms with Crippen LogP contribution in [-0.4, -0.2) is 15.8 Å². The lowest BCUT2D eigenvalue weighted by molar-refractivity contribution is 0.582. The summed E-state index contributed by atoms with van der Waals surface area (Å²) in [6, 6.07) is 10.9. The molecule has 0 amide bonds. The van der Waals surface area contributed by atoms with Gasteiger partial charge in [0, 0.05) is 11.1 Å². The fourth-order valence-corrected chi connectivity index (χ4v) is 2.24. The first-order valence-electron chi connectivity index (χ1n) is 6.15. The number of nitrogens with one attached hydrogen (secondary N) is 1. The maximum Gasteiger partial charge on any atom is 0.141 e. The molecule has 0 saturated carbocycles. The number of hydrogen-bond donors (Lipinski definition) is 2. The SMILES string of the molecule is N=C(N)c1cc(-c2ccc(-c3ccco3)c(Cl)c2)ncn1. The van der Waals surface area contributed by atoms with Gasteiger partial charge < -0.3 is 10.2 Å². The third-order valence-corrected chi connectivity index (χ3v) is 3.31. The topological polar surface area (TPSA) is 88.8 Å². The van der Waals surface area contributed by atoms with Crippen molar-refractivity contribution >= 4 is 17.4 Å². The zero-order chi connectivity index (χ0) is 14.8. The van der Waals surface area contributed by atoms with Gasteiger partial charge in [0.1, 0.15) is 23.6 Å².